The number of nitrogens with zero attached hydrogens (tertiary/aromatic N) is 2. The number of hydrogen-bond acceptors (Lipinski definition) is 3. The molecule has 1 fully saturated rings. The monoisotopic (exact) mass is 353 g/mol. The number of nitrogens with one attached hydrogen (secondary N) is 1. The van der Waals surface area contributed by atoms with E-state index in [4.69, 9.17) is 5.10 Å². The van der Waals surface area contributed by atoms with Gasteiger partial charge in [0.2, 0.25) is 0 Å². The van der Waals surface area contributed by atoms with E-state index in [0.717, 1.165) is 30.0 Å². The van der Waals surface area contributed by atoms with Crippen LogP contribution in [0.2, 0.25) is 0 Å². The van der Waals surface area contributed by atoms with Gasteiger partial charge < -0.3 is 5.32 Å². The van der Waals surface area contributed by atoms with Gasteiger partial charge in [0, 0.05) is 26.5 Å². The van der Waals surface area contributed by atoms with E-state index in [1.165, 1.54) is 34.7 Å². The van der Waals surface area contributed by atoms with E-state index in [0.29, 0.717) is 0 Å². The van der Waals surface area contributed by atoms with E-state index in [9.17, 15) is 0 Å². The Bertz CT molecular complexity index is 598. The van der Waals surface area contributed by atoms with Crippen molar-refractivity contribution in [3.63, 3.8) is 0 Å². The van der Waals surface area contributed by atoms with Gasteiger partial charge >= 0.3 is 0 Å². The molecule has 1 saturated carbocycles. The van der Waals surface area contributed by atoms with Gasteiger partial charge in [-0.1, -0.05) is 0 Å². The number of aryl methyl sites for hydroxylation is 1. The molecule has 0 saturated heterocycles. The van der Waals surface area contributed by atoms with Crippen LogP contribution in [0.3, 0.4) is 0 Å². The number of thiophene rings is 1. The molecule has 3 nitrogen and oxygen atoms in total. The third-order valence-electron chi connectivity index (χ3n) is 3.84. The molecule has 2 aromatic heterocycles. The Kier molecular flexibility index (Phi) is 4.29. The second kappa shape index (κ2) is 6.00. The average molecular weight is 354 g/mol. The molecule has 0 amide bonds. The van der Waals surface area contributed by atoms with Crippen molar-refractivity contribution >= 4 is 27.3 Å². The number of aromatic nitrogens is 2. The summed E-state index contributed by atoms with van der Waals surface area (Å²) in [4.78, 5) is 1.34. The first kappa shape index (κ1) is 14.3. The maximum absolute atomic E-state index is 4.71. The normalized spacial score (nSPS) is 14.9. The van der Waals surface area contributed by atoms with Crippen LogP contribution in [0.4, 0.5) is 0 Å². The Morgan fingerprint density at radius 3 is 2.90 bits per heavy atom. The van der Waals surface area contributed by atoms with E-state index < -0.39 is 0 Å². The van der Waals surface area contributed by atoms with Crippen LogP contribution in [0, 0.1) is 13.8 Å². The fourth-order valence-corrected chi connectivity index (χ4v) is 3.95. The van der Waals surface area contributed by atoms with Crippen LogP contribution in [0.5, 0.6) is 0 Å². The number of halogens is 1. The standard InChI is InChI=1S/C15H20BrN3S/c1-10-15(5-6-17-13-3-4-13)11(2)19(18-10)8-14-7-12(16)9-20-14/h7,9,13,17H,3-6,8H2,1-2H3. The predicted octanol–water partition coefficient (Wildman–Crippen LogP) is 3.67. The van der Waals surface area contributed by atoms with Gasteiger partial charge in [0.1, 0.15) is 0 Å². The highest BCUT2D eigenvalue weighted by molar-refractivity contribution is 9.10. The lowest BCUT2D eigenvalue weighted by atomic mass is 10.1. The quantitative estimate of drug-likeness (QED) is 0.858. The Balaban J connectivity index is 1.68. The summed E-state index contributed by atoms with van der Waals surface area (Å²) in [6.07, 6.45) is 3.79. The van der Waals surface area contributed by atoms with E-state index in [1.54, 1.807) is 11.3 Å². The summed E-state index contributed by atoms with van der Waals surface area (Å²) in [7, 11) is 0. The maximum atomic E-state index is 4.71. The molecule has 2 aromatic rings. The summed E-state index contributed by atoms with van der Waals surface area (Å²) in [6.45, 7) is 6.26. The molecule has 5 heteroatoms. The molecule has 108 valence electrons. The minimum Gasteiger partial charge on any atom is -0.314 e. The highest BCUT2D eigenvalue weighted by atomic mass is 79.9. The van der Waals surface area contributed by atoms with Gasteiger partial charge in [0.15, 0.2) is 0 Å². The topological polar surface area (TPSA) is 29.9 Å². The zero-order valence-corrected chi connectivity index (χ0v) is 14.4. The molecule has 1 aliphatic rings. The van der Waals surface area contributed by atoms with Gasteiger partial charge in [0.05, 0.1) is 12.2 Å². The Morgan fingerprint density at radius 1 is 1.45 bits per heavy atom. The Labute approximate surface area is 132 Å². The van der Waals surface area contributed by atoms with Crippen LogP contribution in [0.15, 0.2) is 15.9 Å². The van der Waals surface area contributed by atoms with Crippen LogP contribution in [0.25, 0.3) is 0 Å². The van der Waals surface area contributed by atoms with Crippen molar-refractivity contribution in [1.82, 2.24) is 15.1 Å². The molecule has 1 aliphatic carbocycles. The van der Waals surface area contributed by atoms with E-state index in [-0.39, 0.29) is 0 Å². The molecule has 0 spiro atoms. The van der Waals surface area contributed by atoms with Crippen LogP contribution in [-0.2, 0) is 13.0 Å². The van der Waals surface area contributed by atoms with Gasteiger partial charge in [-0.2, -0.15) is 5.10 Å². The lowest BCUT2D eigenvalue weighted by Gasteiger charge is -2.05. The van der Waals surface area contributed by atoms with Crippen molar-refractivity contribution in [2.45, 2.75) is 45.7 Å². The van der Waals surface area contributed by atoms with Crippen molar-refractivity contribution in [1.29, 1.82) is 0 Å². The fraction of sp³-hybridized carbons (Fsp3) is 0.533. The van der Waals surface area contributed by atoms with Crippen molar-refractivity contribution in [2.75, 3.05) is 6.54 Å². The first-order valence-corrected chi connectivity index (χ1v) is 8.80. The Hall–Kier alpha value is -0.650. The minimum atomic E-state index is 0.786. The Morgan fingerprint density at radius 2 is 2.25 bits per heavy atom. The SMILES string of the molecule is Cc1nn(Cc2cc(Br)cs2)c(C)c1CCNC1CC1. The molecule has 0 unspecified atom stereocenters. The zero-order valence-electron chi connectivity index (χ0n) is 11.9. The third kappa shape index (κ3) is 3.32. The van der Waals surface area contributed by atoms with Crippen molar-refractivity contribution in [3.05, 3.63) is 37.7 Å². The predicted molar refractivity (Wildman–Crippen MR) is 87.6 cm³/mol. The first-order chi connectivity index (χ1) is 9.63. The van der Waals surface area contributed by atoms with E-state index in [1.807, 2.05) is 0 Å². The minimum absolute atomic E-state index is 0.786. The molecule has 20 heavy (non-hydrogen) atoms. The van der Waals surface area contributed by atoms with Gasteiger partial charge in [-0.15, -0.1) is 11.3 Å². The molecular formula is C15H20BrN3S. The van der Waals surface area contributed by atoms with Gasteiger partial charge in [-0.25, -0.2) is 0 Å². The van der Waals surface area contributed by atoms with Gasteiger partial charge in [-0.3, -0.25) is 4.68 Å². The number of rotatable bonds is 6. The second-order valence-electron chi connectivity index (χ2n) is 5.52. The van der Waals surface area contributed by atoms with Gasteiger partial charge in [0.25, 0.3) is 0 Å². The maximum Gasteiger partial charge on any atom is 0.0755 e. The molecule has 0 aromatic carbocycles. The molecule has 0 aliphatic heterocycles. The summed E-state index contributed by atoms with van der Waals surface area (Å²) in [5.41, 5.74) is 3.90. The van der Waals surface area contributed by atoms with Crippen LogP contribution < -0.4 is 5.32 Å². The average Bonchev–Trinajstić information content (AvgIpc) is 3.09. The molecule has 1 N–H and O–H groups in total. The zero-order chi connectivity index (χ0) is 14.1. The summed E-state index contributed by atoms with van der Waals surface area (Å²) in [5.74, 6) is 0. The second-order valence-corrected chi connectivity index (χ2v) is 7.43. The molecule has 0 radical (unpaired) electrons. The molecule has 3 rings (SSSR count). The highest BCUT2D eigenvalue weighted by Gasteiger charge is 2.20. The van der Waals surface area contributed by atoms with Crippen molar-refractivity contribution in [3.8, 4) is 0 Å². The highest BCUT2D eigenvalue weighted by Crippen LogP contribution is 2.23. The van der Waals surface area contributed by atoms with Crippen LogP contribution >= 0.6 is 27.3 Å². The molecule has 2 heterocycles. The number of hydrogen-bond donors (Lipinski definition) is 1. The van der Waals surface area contributed by atoms with Crippen molar-refractivity contribution in [2.24, 2.45) is 0 Å². The summed E-state index contributed by atoms with van der Waals surface area (Å²) >= 11 is 5.29. The largest absolute Gasteiger partial charge is 0.314 e. The summed E-state index contributed by atoms with van der Waals surface area (Å²) in [6, 6.07) is 2.96. The van der Waals surface area contributed by atoms with E-state index >= 15 is 0 Å². The molecule has 0 bridgehead atoms. The van der Waals surface area contributed by atoms with Crippen LogP contribution in [0.1, 0.15) is 34.7 Å². The summed E-state index contributed by atoms with van der Waals surface area (Å²) < 4.78 is 3.30. The fourth-order valence-electron chi connectivity index (χ4n) is 2.52. The van der Waals surface area contributed by atoms with Crippen molar-refractivity contribution < 1.29 is 0 Å². The lowest BCUT2D eigenvalue weighted by Crippen LogP contribution is -2.19. The van der Waals surface area contributed by atoms with Crippen LogP contribution in [-0.4, -0.2) is 22.4 Å². The first-order valence-electron chi connectivity index (χ1n) is 7.12. The summed E-state index contributed by atoms with van der Waals surface area (Å²) in [5, 5.41) is 10.4. The third-order valence-corrected chi connectivity index (χ3v) is 5.53. The lowest BCUT2D eigenvalue weighted by molar-refractivity contribution is 0.660. The molecule has 0 atom stereocenters. The van der Waals surface area contributed by atoms with Gasteiger partial charge in [-0.05, 0) is 67.2 Å². The smallest absolute Gasteiger partial charge is 0.0755 e. The molecular weight excluding hydrogens is 334 g/mol. The van der Waals surface area contributed by atoms with E-state index in [2.05, 4.69) is 51.2 Å².